The Kier molecular flexibility index (Phi) is 8.08. The highest BCUT2D eigenvalue weighted by molar-refractivity contribution is 7.99. The van der Waals surface area contributed by atoms with E-state index in [1.807, 2.05) is 49.4 Å². The number of anilines is 3. The molecule has 3 aromatic rings. The van der Waals surface area contributed by atoms with Gasteiger partial charge in [-0.3, -0.25) is 4.79 Å². The number of thioether (sulfide) groups is 1. The van der Waals surface area contributed by atoms with Gasteiger partial charge in [0.1, 0.15) is 28.7 Å². The van der Waals surface area contributed by atoms with Crippen molar-refractivity contribution in [3.8, 4) is 11.5 Å². The predicted octanol–water partition coefficient (Wildman–Crippen LogP) is 3.94. The summed E-state index contributed by atoms with van der Waals surface area (Å²) in [6.45, 7) is 5.99. The van der Waals surface area contributed by atoms with Gasteiger partial charge in [0.25, 0.3) is 0 Å². The van der Waals surface area contributed by atoms with E-state index in [1.54, 1.807) is 13.4 Å². The van der Waals surface area contributed by atoms with E-state index in [2.05, 4.69) is 37.2 Å². The molecule has 0 spiro atoms. The molecule has 8 nitrogen and oxygen atoms in total. The van der Waals surface area contributed by atoms with E-state index in [9.17, 15) is 4.79 Å². The number of nitrogens with one attached hydrogen (secondary N) is 1. The molecule has 1 aliphatic rings. The molecule has 0 radical (unpaired) electrons. The van der Waals surface area contributed by atoms with Crippen molar-refractivity contribution in [2.45, 2.75) is 11.9 Å². The molecular weight excluding hydrogens is 450 g/mol. The maximum atomic E-state index is 12.5. The fourth-order valence-corrected chi connectivity index (χ4v) is 4.41. The third kappa shape index (κ3) is 6.11. The first-order valence-electron chi connectivity index (χ1n) is 11.3. The third-order valence-corrected chi connectivity index (χ3v) is 6.41. The number of rotatable bonds is 9. The van der Waals surface area contributed by atoms with Gasteiger partial charge in [-0.1, -0.05) is 23.9 Å². The minimum Gasteiger partial charge on any atom is -0.497 e. The van der Waals surface area contributed by atoms with Gasteiger partial charge in [0.2, 0.25) is 5.91 Å². The number of hydrogen-bond acceptors (Lipinski definition) is 8. The van der Waals surface area contributed by atoms with Gasteiger partial charge in [-0.05, 0) is 43.3 Å². The highest BCUT2D eigenvalue weighted by Gasteiger charge is 2.19. The highest BCUT2D eigenvalue weighted by Crippen LogP contribution is 2.26. The molecule has 1 N–H and O–H groups in total. The van der Waals surface area contributed by atoms with Crippen molar-refractivity contribution in [3.63, 3.8) is 0 Å². The summed E-state index contributed by atoms with van der Waals surface area (Å²) < 4.78 is 10.8. The molecule has 2 aromatic carbocycles. The van der Waals surface area contributed by atoms with Crippen molar-refractivity contribution in [1.29, 1.82) is 0 Å². The fourth-order valence-electron chi connectivity index (χ4n) is 3.75. The number of hydrogen-bond donors (Lipinski definition) is 1. The molecule has 0 unspecified atom stereocenters. The second-order valence-corrected chi connectivity index (χ2v) is 8.65. The lowest BCUT2D eigenvalue weighted by molar-refractivity contribution is -0.113. The molecule has 178 valence electrons. The number of nitrogens with zero attached hydrogens (tertiary/aromatic N) is 4. The monoisotopic (exact) mass is 479 g/mol. The lowest BCUT2D eigenvalue weighted by atomic mass is 10.2. The number of aromatic nitrogens is 2. The van der Waals surface area contributed by atoms with Gasteiger partial charge in [-0.25, -0.2) is 9.97 Å². The van der Waals surface area contributed by atoms with E-state index in [4.69, 9.17) is 9.47 Å². The Morgan fingerprint density at radius 1 is 1.03 bits per heavy atom. The number of carbonyl (C=O) groups excluding carboxylic acids is 1. The van der Waals surface area contributed by atoms with Crippen LogP contribution in [0.15, 0.2) is 66.0 Å². The van der Waals surface area contributed by atoms with Crippen LogP contribution in [0.1, 0.15) is 6.92 Å². The van der Waals surface area contributed by atoms with Crippen LogP contribution < -0.4 is 24.6 Å². The predicted molar refractivity (Wildman–Crippen MR) is 136 cm³/mol. The summed E-state index contributed by atoms with van der Waals surface area (Å²) in [5.41, 5.74) is 1.87. The van der Waals surface area contributed by atoms with E-state index >= 15 is 0 Å². The van der Waals surface area contributed by atoms with Crippen LogP contribution in [0.25, 0.3) is 0 Å². The van der Waals surface area contributed by atoms with Crippen LogP contribution in [0.4, 0.5) is 17.2 Å². The molecule has 9 heteroatoms. The van der Waals surface area contributed by atoms with Gasteiger partial charge in [0.05, 0.1) is 25.2 Å². The number of piperazine rings is 1. The zero-order valence-corrected chi connectivity index (χ0v) is 20.3. The number of amides is 1. The maximum Gasteiger partial charge on any atom is 0.234 e. The van der Waals surface area contributed by atoms with Crippen molar-refractivity contribution in [3.05, 3.63) is 60.9 Å². The second-order valence-electron chi connectivity index (χ2n) is 7.65. The molecule has 0 saturated carbocycles. The van der Waals surface area contributed by atoms with E-state index in [-0.39, 0.29) is 11.7 Å². The average molecular weight is 480 g/mol. The van der Waals surface area contributed by atoms with Crippen molar-refractivity contribution >= 4 is 34.9 Å². The number of benzene rings is 2. The Hall–Kier alpha value is -3.46. The van der Waals surface area contributed by atoms with Crippen LogP contribution in [-0.4, -0.2) is 61.5 Å². The molecule has 2 heterocycles. The van der Waals surface area contributed by atoms with Crippen LogP contribution >= 0.6 is 11.8 Å². The van der Waals surface area contributed by atoms with Crippen LogP contribution in [0.3, 0.4) is 0 Å². The zero-order valence-electron chi connectivity index (χ0n) is 19.4. The Bertz CT molecular complexity index is 1090. The quantitative estimate of drug-likeness (QED) is 0.365. The molecule has 1 aliphatic heterocycles. The Morgan fingerprint density at radius 3 is 2.50 bits per heavy atom. The molecular formula is C25H29N5O3S. The molecule has 1 fully saturated rings. The second kappa shape index (κ2) is 11.6. The number of carbonyl (C=O) groups is 1. The Morgan fingerprint density at radius 2 is 1.76 bits per heavy atom. The summed E-state index contributed by atoms with van der Waals surface area (Å²) in [5, 5.41) is 3.69. The minimum atomic E-state index is -0.106. The molecule has 1 aromatic heterocycles. The van der Waals surface area contributed by atoms with Crippen molar-refractivity contribution in [2.24, 2.45) is 0 Å². The molecule has 0 aliphatic carbocycles. The molecule has 1 amide bonds. The molecule has 34 heavy (non-hydrogen) atoms. The summed E-state index contributed by atoms with van der Waals surface area (Å²) in [5.74, 6) is 2.56. The first kappa shape index (κ1) is 23.7. The van der Waals surface area contributed by atoms with Crippen LogP contribution in [0, 0.1) is 0 Å². The highest BCUT2D eigenvalue weighted by atomic mass is 32.2. The van der Waals surface area contributed by atoms with Gasteiger partial charge in [-0.2, -0.15) is 0 Å². The van der Waals surface area contributed by atoms with Crippen LogP contribution in [0.2, 0.25) is 0 Å². The summed E-state index contributed by atoms with van der Waals surface area (Å²) in [6, 6.07) is 17.5. The van der Waals surface area contributed by atoms with Crippen molar-refractivity contribution < 1.29 is 14.3 Å². The lowest BCUT2D eigenvalue weighted by Gasteiger charge is -2.36. The van der Waals surface area contributed by atoms with Crippen LogP contribution in [0.5, 0.6) is 11.5 Å². The Labute approximate surface area is 204 Å². The third-order valence-electron chi connectivity index (χ3n) is 5.48. The van der Waals surface area contributed by atoms with E-state index < -0.39 is 0 Å². The molecule has 0 atom stereocenters. The fraction of sp³-hybridized carbons (Fsp3) is 0.320. The minimum absolute atomic E-state index is 0.106. The largest absolute Gasteiger partial charge is 0.497 e. The SMILES string of the molecule is CCOc1ccccc1NC(=O)CSc1cc(N2CCN(c3ccc(OC)cc3)CC2)ncn1. The van der Waals surface area contributed by atoms with E-state index in [0.29, 0.717) is 18.0 Å². The Balaban J connectivity index is 1.30. The molecule has 4 rings (SSSR count). The zero-order chi connectivity index (χ0) is 23.8. The van der Waals surface area contributed by atoms with Crippen molar-refractivity contribution in [2.75, 3.05) is 60.8 Å². The van der Waals surface area contributed by atoms with E-state index in [1.165, 1.54) is 17.4 Å². The number of methoxy groups -OCH3 is 1. The van der Waals surface area contributed by atoms with Gasteiger partial charge in [-0.15, -0.1) is 0 Å². The number of ether oxygens (including phenoxy) is 2. The smallest absolute Gasteiger partial charge is 0.234 e. The topological polar surface area (TPSA) is 79.8 Å². The van der Waals surface area contributed by atoms with Gasteiger partial charge >= 0.3 is 0 Å². The summed E-state index contributed by atoms with van der Waals surface area (Å²) in [7, 11) is 1.68. The van der Waals surface area contributed by atoms with Gasteiger partial charge in [0.15, 0.2) is 0 Å². The standard InChI is InChI=1S/C25H29N5O3S/c1-3-33-22-7-5-4-6-21(22)28-24(31)17-34-25-16-23(26-18-27-25)30-14-12-29(13-15-30)19-8-10-20(32-2)11-9-19/h4-11,16,18H,3,12-15,17H2,1-2H3,(H,28,31). The summed E-state index contributed by atoms with van der Waals surface area (Å²) >= 11 is 1.39. The normalized spacial score (nSPS) is 13.5. The number of para-hydroxylation sites is 2. The van der Waals surface area contributed by atoms with Crippen molar-refractivity contribution in [1.82, 2.24) is 9.97 Å². The van der Waals surface area contributed by atoms with Gasteiger partial charge < -0.3 is 24.6 Å². The van der Waals surface area contributed by atoms with Gasteiger partial charge in [0, 0.05) is 37.9 Å². The molecule has 1 saturated heterocycles. The first-order valence-corrected chi connectivity index (χ1v) is 12.3. The lowest BCUT2D eigenvalue weighted by Crippen LogP contribution is -2.46. The van der Waals surface area contributed by atoms with Crippen LogP contribution in [-0.2, 0) is 4.79 Å². The maximum absolute atomic E-state index is 12.5. The van der Waals surface area contributed by atoms with E-state index in [0.717, 1.165) is 42.8 Å². The average Bonchev–Trinajstić information content (AvgIpc) is 2.89. The first-order chi connectivity index (χ1) is 16.7. The summed E-state index contributed by atoms with van der Waals surface area (Å²) in [6.07, 6.45) is 1.57. The summed E-state index contributed by atoms with van der Waals surface area (Å²) in [4.78, 5) is 25.9. The molecule has 0 bridgehead atoms.